The van der Waals surface area contributed by atoms with Gasteiger partial charge in [0.1, 0.15) is 6.26 Å². The molecule has 0 aromatic carbocycles. The third-order valence-electron chi connectivity index (χ3n) is 3.10. The summed E-state index contributed by atoms with van der Waals surface area (Å²) in [6, 6.07) is 0.714. The van der Waals surface area contributed by atoms with Gasteiger partial charge in [0.05, 0.1) is 6.20 Å². The Balaban J connectivity index is 1.91. The zero-order valence-electron chi connectivity index (χ0n) is 9.28. The standard InChI is InChI=1S/C11H19N3O/c1-2-14(8-10-7-13-15-9-10)11-3-5-12-6-4-11/h7,9,11-12H,2-6,8H2,1H3. The van der Waals surface area contributed by atoms with Crippen LogP contribution in [0.4, 0.5) is 0 Å². The predicted octanol–water partition coefficient (Wildman–Crippen LogP) is 1.25. The van der Waals surface area contributed by atoms with Crippen molar-refractivity contribution < 1.29 is 4.52 Å². The topological polar surface area (TPSA) is 41.3 Å². The minimum atomic E-state index is 0.714. The Bertz CT molecular complexity index is 267. The molecule has 1 N–H and O–H groups in total. The number of hydrogen-bond donors (Lipinski definition) is 1. The van der Waals surface area contributed by atoms with Gasteiger partial charge in [0.25, 0.3) is 0 Å². The summed E-state index contributed by atoms with van der Waals surface area (Å²) < 4.78 is 4.86. The molecule has 0 saturated carbocycles. The normalized spacial score (nSPS) is 18.5. The first-order valence-electron chi connectivity index (χ1n) is 5.73. The van der Waals surface area contributed by atoms with Crippen molar-refractivity contribution in [3.63, 3.8) is 0 Å². The summed E-state index contributed by atoms with van der Waals surface area (Å²) in [5.41, 5.74) is 1.18. The van der Waals surface area contributed by atoms with Crippen molar-refractivity contribution >= 4 is 0 Å². The molecule has 1 saturated heterocycles. The van der Waals surface area contributed by atoms with Crippen molar-refractivity contribution in [1.29, 1.82) is 0 Å². The first-order chi connectivity index (χ1) is 7.40. The van der Waals surface area contributed by atoms with Gasteiger partial charge in [-0.15, -0.1) is 0 Å². The Morgan fingerprint density at radius 3 is 2.93 bits per heavy atom. The van der Waals surface area contributed by atoms with Gasteiger partial charge in [-0.05, 0) is 32.5 Å². The van der Waals surface area contributed by atoms with Crippen molar-refractivity contribution in [2.24, 2.45) is 0 Å². The zero-order valence-corrected chi connectivity index (χ0v) is 9.28. The lowest BCUT2D eigenvalue weighted by molar-refractivity contribution is 0.162. The van der Waals surface area contributed by atoms with Crippen molar-refractivity contribution in [1.82, 2.24) is 15.4 Å². The largest absolute Gasteiger partial charge is 0.364 e. The van der Waals surface area contributed by atoms with E-state index < -0.39 is 0 Å². The molecular weight excluding hydrogens is 190 g/mol. The highest BCUT2D eigenvalue weighted by molar-refractivity contribution is 5.00. The van der Waals surface area contributed by atoms with Gasteiger partial charge in [0, 0.05) is 18.2 Å². The second-order valence-electron chi connectivity index (χ2n) is 4.08. The van der Waals surface area contributed by atoms with Crippen LogP contribution in [0.1, 0.15) is 25.3 Å². The molecule has 0 atom stereocenters. The van der Waals surface area contributed by atoms with Crippen LogP contribution in [-0.2, 0) is 6.54 Å². The Kier molecular flexibility index (Phi) is 3.75. The van der Waals surface area contributed by atoms with E-state index in [2.05, 4.69) is 22.3 Å². The van der Waals surface area contributed by atoms with E-state index in [0.717, 1.165) is 26.2 Å². The van der Waals surface area contributed by atoms with Gasteiger partial charge in [-0.2, -0.15) is 0 Å². The van der Waals surface area contributed by atoms with Gasteiger partial charge < -0.3 is 9.84 Å². The number of nitrogens with zero attached hydrogens (tertiary/aromatic N) is 2. The highest BCUT2D eigenvalue weighted by Gasteiger charge is 2.19. The summed E-state index contributed by atoms with van der Waals surface area (Å²) >= 11 is 0. The van der Waals surface area contributed by atoms with E-state index in [9.17, 15) is 0 Å². The number of rotatable bonds is 4. The Morgan fingerprint density at radius 2 is 2.33 bits per heavy atom. The van der Waals surface area contributed by atoms with Gasteiger partial charge in [-0.3, -0.25) is 4.90 Å². The molecule has 1 aliphatic heterocycles. The Hall–Kier alpha value is -0.870. The molecule has 1 aliphatic rings. The quantitative estimate of drug-likeness (QED) is 0.810. The molecule has 0 amide bonds. The third kappa shape index (κ3) is 2.79. The summed E-state index contributed by atoms with van der Waals surface area (Å²) in [6.07, 6.45) is 6.05. The number of hydrogen-bond acceptors (Lipinski definition) is 4. The highest BCUT2D eigenvalue weighted by atomic mass is 16.5. The van der Waals surface area contributed by atoms with Crippen molar-refractivity contribution in [2.45, 2.75) is 32.4 Å². The predicted molar refractivity (Wildman–Crippen MR) is 58.5 cm³/mol. The molecule has 1 aromatic heterocycles. The summed E-state index contributed by atoms with van der Waals surface area (Å²) in [6.45, 7) is 6.56. The lowest BCUT2D eigenvalue weighted by Gasteiger charge is -2.33. The molecule has 84 valence electrons. The summed E-state index contributed by atoms with van der Waals surface area (Å²) in [5.74, 6) is 0. The first-order valence-corrected chi connectivity index (χ1v) is 5.73. The number of aromatic nitrogens is 1. The minimum Gasteiger partial charge on any atom is -0.364 e. The van der Waals surface area contributed by atoms with Crippen LogP contribution < -0.4 is 5.32 Å². The van der Waals surface area contributed by atoms with Gasteiger partial charge >= 0.3 is 0 Å². The molecule has 1 fully saturated rings. The molecule has 0 spiro atoms. The van der Waals surface area contributed by atoms with Crippen LogP contribution >= 0.6 is 0 Å². The van der Waals surface area contributed by atoms with Crippen molar-refractivity contribution in [2.75, 3.05) is 19.6 Å². The van der Waals surface area contributed by atoms with Gasteiger partial charge in [-0.25, -0.2) is 0 Å². The highest BCUT2D eigenvalue weighted by Crippen LogP contribution is 2.14. The minimum absolute atomic E-state index is 0.714. The van der Waals surface area contributed by atoms with Gasteiger partial charge in [0.15, 0.2) is 0 Å². The number of nitrogens with one attached hydrogen (secondary N) is 1. The molecule has 0 bridgehead atoms. The molecular formula is C11H19N3O. The summed E-state index contributed by atoms with van der Waals surface area (Å²) in [7, 11) is 0. The maximum Gasteiger partial charge on any atom is 0.128 e. The molecule has 15 heavy (non-hydrogen) atoms. The van der Waals surface area contributed by atoms with Gasteiger partial charge in [0.2, 0.25) is 0 Å². The van der Waals surface area contributed by atoms with Crippen LogP contribution in [-0.4, -0.2) is 35.7 Å². The second-order valence-corrected chi connectivity index (χ2v) is 4.08. The molecule has 2 rings (SSSR count). The van der Waals surface area contributed by atoms with Crippen LogP contribution in [0.5, 0.6) is 0 Å². The van der Waals surface area contributed by atoms with E-state index in [1.165, 1.54) is 18.4 Å². The second kappa shape index (κ2) is 5.28. The average Bonchev–Trinajstić information content (AvgIpc) is 2.80. The smallest absolute Gasteiger partial charge is 0.128 e. The van der Waals surface area contributed by atoms with E-state index in [1.54, 1.807) is 6.26 Å². The molecule has 0 aliphatic carbocycles. The van der Waals surface area contributed by atoms with Crippen LogP contribution in [0.15, 0.2) is 17.0 Å². The van der Waals surface area contributed by atoms with E-state index in [1.807, 2.05) is 6.20 Å². The lowest BCUT2D eigenvalue weighted by Crippen LogP contribution is -2.42. The summed E-state index contributed by atoms with van der Waals surface area (Å²) in [5, 5.41) is 7.14. The van der Waals surface area contributed by atoms with Crippen LogP contribution in [0.2, 0.25) is 0 Å². The van der Waals surface area contributed by atoms with E-state index in [4.69, 9.17) is 4.52 Å². The van der Waals surface area contributed by atoms with Crippen LogP contribution in [0.3, 0.4) is 0 Å². The van der Waals surface area contributed by atoms with Crippen molar-refractivity contribution in [3.05, 3.63) is 18.0 Å². The molecule has 4 nitrogen and oxygen atoms in total. The fourth-order valence-electron chi connectivity index (χ4n) is 2.21. The van der Waals surface area contributed by atoms with Gasteiger partial charge in [-0.1, -0.05) is 12.1 Å². The molecule has 0 unspecified atom stereocenters. The fraction of sp³-hybridized carbons (Fsp3) is 0.727. The first kappa shape index (κ1) is 10.6. The Morgan fingerprint density at radius 1 is 1.53 bits per heavy atom. The molecule has 1 aromatic rings. The van der Waals surface area contributed by atoms with E-state index >= 15 is 0 Å². The van der Waals surface area contributed by atoms with E-state index in [0.29, 0.717) is 6.04 Å². The molecule has 2 heterocycles. The van der Waals surface area contributed by atoms with Crippen LogP contribution in [0, 0.1) is 0 Å². The third-order valence-corrected chi connectivity index (χ3v) is 3.10. The van der Waals surface area contributed by atoms with Crippen LogP contribution in [0.25, 0.3) is 0 Å². The molecule has 0 radical (unpaired) electrons. The number of piperidine rings is 1. The SMILES string of the molecule is CCN(Cc1cnoc1)C1CCNCC1. The maximum atomic E-state index is 4.86. The zero-order chi connectivity index (χ0) is 10.5. The lowest BCUT2D eigenvalue weighted by atomic mass is 10.0. The van der Waals surface area contributed by atoms with Crippen molar-refractivity contribution in [3.8, 4) is 0 Å². The monoisotopic (exact) mass is 209 g/mol. The average molecular weight is 209 g/mol. The fourth-order valence-corrected chi connectivity index (χ4v) is 2.21. The molecule has 4 heteroatoms. The summed E-state index contributed by atoms with van der Waals surface area (Å²) in [4.78, 5) is 2.51. The Labute approximate surface area is 90.6 Å². The maximum absolute atomic E-state index is 4.86. The van der Waals surface area contributed by atoms with E-state index in [-0.39, 0.29) is 0 Å².